The van der Waals surface area contributed by atoms with Crippen LogP contribution in [0.2, 0.25) is 0 Å². The van der Waals surface area contributed by atoms with E-state index in [2.05, 4.69) is 34.7 Å². The van der Waals surface area contributed by atoms with Crippen molar-refractivity contribution in [2.24, 2.45) is 0 Å². The van der Waals surface area contributed by atoms with Crippen LogP contribution in [0.3, 0.4) is 0 Å². The van der Waals surface area contributed by atoms with Crippen molar-refractivity contribution < 1.29 is 4.21 Å². The van der Waals surface area contributed by atoms with Crippen LogP contribution in [0.4, 0.5) is 0 Å². The Labute approximate surface area is 85.4 Å². The van der Waals surface area contributed by atoms with Gasteiger partial charge in [0.15, 0.2) is 0 Å². The maximum Gasteiger partial charge on any atom is 0.0268 e. The summed E-state index contributed by atoms with van der Waals surface area (Å²) < 4.78 is 11.7. The molecule has 2 atom stereocenters. The summed E-state index contributed by atoms with van der Waals surface area (Å²) in [6.45, 7) is 6.58. The molecule has 0 radical (unpaired) electrons. The molecule has 0 saturated carbocycles. The maximum atomic E-state index is 10.7. The van der Waals surface area contributed by atoms with E-state index in [1.54, 1.807) is 6.26 Å². The van der Waals surface area contributed by atoms with Crippen molar-refractivity contribution in [2.75, 3.05) is 18.6 Å². The van der Waals surface area contributed by atoms with Crippen molar-refractivity contribution in [3.8, 4) is 0 Å². The van der Waals surface area contributed by atoms with E-state index in [1.165, 1.54) is 0 Å². The molecule has 0 aromatic heterocycles. The summed E-state index contributed by atoms with van der Waals surface area (Å²) in [6, 6.07) is 0.406. The lowest BCUT2D eigenvalue weighted by Crippen LogP contribution is -2.28. The lowest BCUT2D eigenvalue weighted by Gasteiger charge is -2.11. The highest BCUT2D eigenvalue weighted by molar-refractivity contribution is 9.11. The van der Waals surface area contributed by atoms with Gasteiger partial charge in [-0.2, -0.15) is 0 Å². The van der Waals surface area contributed by atoms with Gasteiger partial charge in [0.1, 0.15) is 0 Å². The van der Waals surface area contributed by atoms with Crippen LogP contribution >= 0.6 is 15.9 Å². The molecule has 2 unspecified atom stereocenters. The summed E-state index contributed by atoms with van der Waals surface area (Å²) in [4.78, 5) is 0. The number of halogens is 1. The van der Waals surface area contributed by atoms with E-state index in [9.17, 15) is 4.21 Å². The first-order valence-corrected chi connectivity index (χ1v) is 6.41. The van der Waals surface area contributed by atoms with Gasteiger partial charge >= 0.3 is 0 Å². The van der Waals surface area contributed by atoms with Crippen LogP contribution in [0.15, 0.2) is 11.1 Å². The zero-order chi connectivity index (χ0) is 9.56. The summed E-state index contributed by atoms with van der Waals surface area (Å²) in [5, 5.41) is 3.26. The molecule has 0 aliphatic heterocycles. The summed E-state index contributed by atoms with van der Waals surface area (Å²) in [5.74, 6) is 0.767. The Balaban J connectivity index is 3.39. The summed E-state index contributed by atoms with van der Waals surface area (Å²) in [6.07, 6.45) is 2.68. The molecule has 0 aromatic rings. The first-order valence-electron chi connectivity index (χ1n) is 3.89. The molecule has 0 heterocycles. The van der Waals surface area contributed by atoms with Crippen LogP contribution in [0.25, 0.3) is 0 Å². The van der Waals surface area contributed by atoms with Crippen LogP contribution in [-0.4, -0.2) is 28.8 Å². The Morgan fingerprint density at radius 1 is 1.75 bits per heavy atom. The van der Waals surface area contributed by atoms with Crippen molar-refractivity contribution in [3.63, 3.8) is 0 Å². The van der Waals surface area contributed by atoms with Crippen molar-refractivity contribution in [1.82, 2.24) is 5.32 Å². The SMILES string of the molecule is C=C(Br)CNC(C)CCS(C)=O. The number of rotatable bonds is 6. The number of nitrogens with one attached hydrogen (secondary N) is 1. The van der Waals surface area contributed by atoms with Crippen molar-refractivity contribution in [3.05, 3.63) is 11.1 Å². The fourth-order valence-corrected chi connectivity index (χ4v) is 1.58. The maximum absolute atomic E-state index is 10.7. The van der Waals surface area contributed by atoms with Gasteiger partial charge in [0, 0.05) is 39.9 Å². The molecule has 4 heteroatoms. The molecule has 0 fully saturated rings. The Bertz CT molecular complexity index is 154. The fraction of sp³-hybridized carbons (Fsp3) is 0.750. The predicted octanol–water partition coefficient (Wildman–Crippen LogP) is 1.64. The van der Waals surface area contributed by atoms with Gasteiger partial charge in [-0.25, -0.2) is 0 Å². The molecule has 2 nitrogen and oxygen atoms in total. The summed E-state index contributed by atoms with van der Waals surface area (Å²) >= 11 is 3.27. The molecule has 0 saturated heterocycles. The molecule has 1 N–H and O–H groups in total. The van der Waals surface area contributed by atoms with E-state index < -0.39 is 10.8 Å². The molecule has 0 aliphatic rings. The Morgan fingerprint density at radius 3 is 2.75 bits per heavy atom. The molecule has 0 aliphatic carbocycles. The van der Waals surface area contributed by atoms with Crippen LogP contribution in [0, 0.1) is 0 Å². The molecule has 0 spiro atoms. The van der Waals surface area contributed by atoms with Crippen LogP contribution in [-0.2, 0) is 10.8 Å². The average Bonchev–Trinajstić information content (AvgIpc) is 1.96. The van der Waals surface area contributed by atoms with Gasteiger partial charge in [-0.05, 0) is 13.3 Å². The predicted molar refractivity (Wildman–Crippen MR) is 59.1 cm³/mol. The standard InChI is InChI=1S/C8H16BrNOS/c1-7(9)6-10-8(2)4-5-12(3)11/h8,10H,1,4-6H2,2-3H3. The Hall–Kier alpha value is 0.330. The highest BCUT2D eigenvalue weighted by Gasteiger charge is 2.01. The Kier molecular flexibility index (Phi) is 6.99. The van der Waals surface area contributed by atoms with Gasteiger partial charge in [-0.15, -0.1) is 0 Å². The van der Waals surface area contributed by atoms with Gasteiger partial charge in [0.25, 0.3) is 0 Å². The zero-order valence-corrected chi connectivity index (χ0v) is 10.0. The van der Waals surface area contributed by atoms with Crippen LogP contribution in [0.1, 0.15) is 13.3 Å². The van der Waals surface area contributed by atoms with Gasteiger partial charge in [0.2, 0.25) is 0 Å². The molecule has 12 heavy (non-hydrogen) atoms. The third-order valence-corrected chi connectivity index (χ3v) is 2.57. The van der Waals surface area contributed by atoms with Crippen LogP contribution in [0.5, 0.6) is 0 Å². The molecular weight excluding hydrogens is 238 g/mol. The second-order valence-corrected chi connectivity index (χ2v) is 5.54. The van der Waals surface area contributed by atoms with E-state index in [4.69, 9.17) is 0 Å². The van der Waals surface area contributed by atoms with Crippen molar-refractivity contribution in [1.29, 1.82) is 0 Å². The molecular formula is C8H16BrNOS. The largest absolute Gasteiger partial charge is 0.310 e. The monoisotopic (exact) mass is 253 g/mol. The lowest BCUT2D eigenvalue weighted by atomic mass is 10.2. The lowest BCUT2D eigenvalue weighted by molar-refractivity contribution is 0.566. The minimum absolute atomic E-state index is 0.406. The fourth-order valence-electron chi connectivity index (χ4n) is 0.730. The summed E-state index contributed by atoms with van der Waals surface area (Å²) in [5.41, 5.74) is 0. The summed E-state index contributed by atoms with van der Waals surface area (Å²) in [7, 11) is -0.675. The first-order chi connectivity index (χ1) is 5.52. The van der Waals surface area contributed by atoms with Crippen molar-refractivity contribution >= 4 is 26.7 Å². The molecule has 0 amide bonds. The Morgan fingerprint density at radius 2 is 2.33 bits per heavy atom. The smallest absolute Gasteiger partial charge is 0.0268 e. The van der Waals surface area contributed by atoms with E-state index in [0.717, 1.165) is 23.2 Å². The topological polar surface area (TPSA) is 29.1 Å². The molecule has 72 valence electrons. The van der Waals surface area contributed by atoms with Crippen molar-refractivity contribution in [2.45, 2.75) is 19.4 Å². The number of hydrogen-bond acceptors (Lipinski definition) is 2. The third-order valence-electron chi connectivity index (χ3n) is 1.48. The average molecular weight is 254 g/mol. The highest BCUT2D eigenvalue weighted by Crippen LogP contribution is 1.99. The van der Waals surface area contributed by atoms with Gasteiger partial charge in [-0.1, -0.05) is 22.5 Å². The minimum atomic E-state index is -0.675. The first kappa shape index (κ1) is 12.3. The molecule has 0 aromatic carbocycles. The second-order valence-electron chi connectivity index (χ2n) is 2.87. The third kappa shape index (κ3) is 8.43. The minimum Gasteiger partial charge on any atom is -0.310 e. The normalized spacial score (nSPS) is 15.6. The van der Waals surface area contributed by atoms with E-state index in [1.807, 2.05) is 0 Å². The van der Waals surface area contributed by atoms with E-state index in [0.29, 0.717) is 6.04 Å². The van der Waals surface area contributed by atoms with Gasteiger partial charge in [-0.3, -0.25) is 4.21 Å². The highest BCUT2D eigenvalue weighted by atomic mass is 79.9. The quantitative estimate of drug-likeness (QED) is 0.780. The van der Waals surface area contributed by atoms with Gasteiger partial charge in [0.05, 0.1) is 0 Å². The number of hydrogen-bond donors (Lipinski definition) is 1. The molecule has 0 rings (SSSR count). The van der Waals surface area contributed by atoms with Gasteiger partial charge < -0.3 is 5.32 Å². The molecule has 0 bridgehead atoms. The zero-order valence-electron chi connectivity index (χ0n) is 7.60. The van der Waals surface area contributed by atoms with E-state index in [-0.39, 0.29) is 0 Å². The second kappa shape index (κ2) is 6.80. The van der Waals surface area contributed by atoms with E-state index >= 15 is 0 Å². The van der Waals surface area contributed by atoms with Crippen LogP contribution < -0.4 is 5.32 Å².